The van der Waals surface area contributed by atoms with Crippen molar-refractivity contribution in [1.82, 2.24) is 10.0 Å². The van der Waals surface area contributed by atoms with Gasteiger partial charge in [0.25, 0.3) is 0 Å². The molecule has 2 atom stereocenters. The highest BCUT2D eigenvalue weighted by atomic mass is 79.9. The number of nitrogens with one attached hydrogen (secondary N) is 2. The van der Waals surface area contributed by atoms with Gasteiger partial charge in [-0.05, 0) is 58.9 Å². The number of hydrogen-bond donors (Lipinski definition) is 2. The summed E-state index contributed by atoms with van der Waals surface area (Å²) in [4.78, 5) is 0.338. The Bertz CT molecular complexity index is 601. The van der Waals surface area contributed by atoms with Crippen molar-refractivity contribution in [2.75, 3.05) is 6.54 Å². The molecule has 0 spiro atoms. The number of aryl methyl sites for hydroxylation is 1. The van der Waals surface area contributed by atoms with Crippen LogP contribution in [0.5, 0.6) is 0 Å². The van der Waals surface area contributed by atoms with Gasteiger partial charge in [0, 0.05) is 17.1 Å². The van der Waals surface area contributed by atoms with Crippen LogP contribution in [0.15, 0.2) is 21.5 Å². The van der Waals surface area contributed by atoms with Crippen LogP contribution in [0, 0.1) is 12.8 Å². The molecule has 2 unspecified atom stereocenters. The lowest BCUT2D eigenvalue weighted by atomic mass is 10.1. The van der Waals surface area contributed by atoms with E-state index in [4.69, 9.17) is 0 Å². The minimum absolute atomic E-state index is 0.0876. The highest BCUT2D eigenvalue weighted by molar-refractivity contribution is 9.10. The average molecular weight is 361 g/mol. The molecule has 1 aromatic carbocycles. The summed E-state index contributed by atoms with van der Waals surface area (Å²) in [6, 6.07) is 3.84. The third-order valence-corrected chi connectivity index (χ3v) is 6.39. The highest BCUT2D eigenvalue weighted by Gasteiger charge is 2.37. The lowest BCUT2D eigenvalue weighted by molar-refractivity contribution is 0.577. The minimum Gasteiger partial charge on any atom is -0.313 e. The van der Waals surface area contributed by atoms with E-state index >= 15 is 0 Å². The molecule has 2 rings (SSSR count). The third-order valence-electron chi connectivity index (χ3n) is 3.57. The Morgan fingerprint density at radius 2 is 2.05 bits per heavy atom. The zero-order valence-corrected chi connectivity index (χ0v) is 14.4. The summed E-state index contributed by atoms with van der Waals surface area (Å²) in [5, 5.41) is 3.22. The SMILES string of the molecule is CCNCc1cc(C)c(Br)c(S(=O)(=O)NC2CC2C)c1. The van der Waals surface area contributed by atoms with Crippen LogP contribution in [0.3, 0.4) is 0 Å². The lowest BCUT2D eigenvalue weighted by Crippen LogP contribution is -2.27. The maximum absolute atomic E-state index is 12.5. The second-order valence-electron chi connectivity index (χ2n) is 5.45. The molecule has 0 amide bonds. The molecule has 0 bridgehead atoms. The molecule has 4 nitrogen and oxygen atoms in total. The van der Waals surface area contributed by atoms with Crippen LogP contribution >= 0.6 is 15.9 Å². The van der Waals surface area contributed by atoms with E-state index in [1.54, 1.807) is 6.07 Å². The Hall–Kier alpha value is -0.430. The normalized spacial score (nSPS) is 22.0. The number of benzene rings is 1. The molecule has 0 radical (unpaired) electrons. The smallest absolute Gasteiger partial charge is 0.241 e. The summed E-state index contributed by atoms with van der Waals surface area (Å²) >= 11 is 3.40. The summed E-state index contributed by atoms with van der Waals surface area (Å²) in [5.74, 6) is 0.439. The van der Waals surface area contributed by atoms with Crippen LogP contribution in [0.2, 0.25) is 0 Å². The molecule has 0 aliphatic heterocycles. The maximum Gasteiger partial charge on any atom is 0.241 e. The fourth-order valence-corrected chi connectivity index (χ4v) is 4.55. The first-order chi connectivity index (χ1) is 9.35. The molecule has 0 heterocycles. The topological polar surface area (TPSA) is 58.2 Å². The van der Waals surface area contributed by atoms with E-state index < -0.39 is 10.0 Å². The van der Waals surface area contributed by atoms with E-state index in [0.29, 0.717) is 21.8 Å². The minimum atomic E-state index is -3.46. The van der Waals surface area contributed by atoms with Crippen LogP contribution in [0.25, 0.3) is 0 Å². The van der Waals surface area contributed by atoms with Gasteiger partial charge in [0.1, 0.15) is 0 Å². The van der Waals surface area contributed by atoms with Crippen molar-refractivity contribution in [2.24, 2.45) is 5.92 Å². The first-order valence-corrected chi connectivity index (χ1v) is 9.15. The standard InChI is InChI=1S/C14H21BrN2O2S/c1-4-16-8-11-5-10(3)14(15)13(7-11)20(18,19)17-12-6-9(12)2/h5,7,9,12,16-17H,4,6,8H2,1-3H3. The molecule has 1 aliphatic rings. The molecular weight excluding hydrogens is 340 g/mol. The molecule has 0 aromatic heterocycles. The van der Waals surface area contributed by atoms with Gasteiger partial charge in [0.15, 0.2) is 0 Å². The fourth-order valence-electron chi connectivity index (χ4n) is 2.13. The fraction of sp³-hybridized carbons (Fsp3) is 0.571. The van der Waals surface area contributed by atoms with Gasteiger partial charge in [-0.25, -0.2) is 13.1 Å². The summed E-state index contributed by atoms with van der Waals surface area (Å²) < 4.78 is 28.4. The number of halogens is 1. The zero-order chi connectivity index (χ0) is 14.9. The summed E-state index contributed by atoms with van der Waals surface area (Å²) in [6.07, 6.45) is 0.924. The molecule has 6 heteroatoms. The van der Waals surface area contributed by atoms with E-state index in [2.05, 4.69) is 32.9 Å². The largest absolute Gasteiger partial charge is 0.313 e. The monoisotopic (exact) mass is 360 g/mol. The van der Waals surface area contributed by atoms with Gasteiger partial charge in [0.2, 0.25) is 10.0 Å². The molecular formula is C14H21BrN2O2S. The molecule has 1 saturated carbocycles. The Morgan fingerprint density at radius 1 is 1.40 bits per heavy atom. The Labute approximate surface area is 129 Å². The summed E-state index contributed by atoms with van der Waals surface area (Å²) in [7, 11) is -3.46. The summed E-state index contributed by atoms with van der Waals surface area (Å²) in [5.41, 5.74) is 1.92. The van der Waals surface area contributed by atoms with E-state index in [0.717, 1.165) is 24.1 Å². The molecule has 1 aromatic rings. The van der Waals surface area contributed by atoms with Gasteiger partial charge in [-0.3, -0.25) is 0 Å². The first kappa shape index (κ1) is 15.9. The van der Waals surface area contributed by atoms with E-state index in [1.165, 1.54) is 0 Å². The van der Waals surface area contributed by atoms with Gasteiger partial charge >= 0.3 is 0 Å². The van der Waals surface area contributed by atoms with Crippen LogP contribution in [-0.2, 0) is 16.6 Å². The van der Waals surface area contributed by atoms with Crippen molar-refractivity contribution in [2.45, 2.75) is 44.7 Å². The molecule has 112 valence electrons. The second kappa shape index (κ2) is 6.13. The summed E-state index contributed by atoms with van der Waals surface area (Å²) in [6.45, 7) is 7.52. The van der Waals surface area contributed by atoms with E-state index in [9.17, 15) is 8.42 Å². The van der Waals surface area contributed by atoms with Crippen molar-refractivity contribution in [1.29, 1.82) is 0 Å². The Morgan fingerprint density at radius 3 is 2.60 bits per heavy atom. The van der Waals surface area contributed by atoms with Gasteiger partial charge in [-0.1, -0.05) is 19.9 Å². The Balaban J connectivity index is 2.31. The molecule has 2 N–H and O–H groups in total. The predicted octanol–water partition coefficient (Wildman–Crippen LogP) is 2.55. The average Bonchev–Trinajstić information content (AvgIpc) is 3.04. The third kappa shape index (κ3) is 3.61. The quantitative estimate of drug-likeness (QED) is 0.819. The van der Waals surface area contributed by atoms with Crippen molar-refractivity contribution in [3.63, 3.8) is 0 Å². The van der Waals surface area contributed by atoms with Gasteiger partial charge in [-0.2, -0.15) is 0 Å². The van der Waals surface area contributed by atoms with Gasteiger partial charge < -0.3 is 5.32 Å². The van der Waals surface area contributed by atoms with E-state index in [-0.39, 0.29) is 6.04 Å². The molecule has 1 aliphatic carbocycles. The van der Waals surface area contributed by atoms with Crippen LogP contribution in [0.1, 0.15) is 31.4 Å². The number of sulfonamides is 1. The highest BCUT2D eigenvalue weighted by Crippen LogP contribution is 2.33. The second-order valence-corrected chi connectivity index (χ2v) is 7.92. The van der Waals surface area contributed by atoms with Crippen molar-refractivity contribution in [3.05, 3.63) is 27.7 Å². The van der Waals surface area contributed by atoms with Crippen LogP contribution in [0.4, 0.5) is 0 Å². The molecule has 1 fully saturated rings. The van der Waals surface area contributed by atoms with Crippen LogP contribution < -0.4 is 10.0 Å². The Kier molecular flexibility index (Phi) is 4.89. The zero-order valence-electron chi connectivity index (χ0n) is 12.0. The first-order valence-electron chi connectivity index (χ1n) is 6.87. The van der Waals surface area contributed by atoms with Gasteiger partial charge in [-0.15, -0.1) is 0 Å². The van der Waals surface area contributed by atoms with Crippen LogP contribution in [-0.4, -0.2) is 21.0 Å². The number of hydrogen-bond acceptors (Lipinski definition) is 3. The van der Waals surface area contributed by atoms with Crippen molar-refractivity contribution in [3.8, 4) is 0 Å². The lowest BCUT2D eigenvalue weighted by Gasteiger charge is -2.13. The number of rotatable bonds is 6. The van der Waals surface area contributed by atoms with Crippen molar-refractivity contribution < 1.29 is 8.42 Å². The van der Waals surface area contributed by atoms with Crippen molar-refractivity contribution >= 4 is 26.0 Å². The maximum atomic E-state index is 12.5. The predicted molar refractivity (Wildman–Crippen MR) is 84.2 cm³/mol. The van der Waals surface area contributed by atoms with Gasteiger partial charge in [0.05, 0.1) is 4.90 Å². The molecule has 0 saturated heterocycles. The molecule has 20 heavy (non-hydrogen) atoms. The van der Waals surface area contributed by atoms with E-state index in [1.807, 2.05) is 19.9 Å².